The van der Waals surface area contributed by atoms with Crippen molar-refractivity contribution in [2.45, 2.75) is 18.9 Å². The molecule has 0 spiro atoms. The Bertz CT molecular complexity index is 61.1. The molecule has 0 saturated heterocycles. The Hall–Kier alpha value is 0.440. The van der Waals surface area contributed by atoms with Gasteiger partial charge < -0.3 is 5.11 Å². The zero-order valence-electron chi connectivity index (χ0n) is 4.10. The van der Waals surface area contributed by atoms with E-state index in [1.165, 1.54) is 12.8 Å². The van der Waals surface area contributed by atoms with Gasteiger partial charge in [0.05, 0.1) is 6.10 Å². The first-order valence-electron chi connectivity index (χ1n) is 2.58. The molecule has 1 N–H and O–H groups in total. The van der Waals surface area contributed by atoms with Gasteiger partial charge in [-0.3, -0.25) is 0 Å². The van der Waals surface area contributed by atoms with Crippen LogP contribution in [0.5, 0.6) is 0 Å². The molecule has 0 aliphatic heterocycles. The molecule has 0 heterocycles. The molecule has 0 unspecified atom stereocenters. The molecule has 42 valence electrons. The lowest BCUT2D eigenvalue weighted by molar-refractivity contribution is 0.177. The average Bonchev–Trinajstić information content (AvgIpc) is 2.44. The van der Waals surface area contributed by atoms with Crippen molar-refractivity contribution in [3.8, 4) is 0 Å². The fourth-order valence-electron chi connectivity index (χ4n) is 0.607. The van der Waals surface area contributed by atoms with Crippen LogP contribution in [0.1, 0.15) is 12.8 Å². The van der Waals surface area contributed by atoms with E-state index >= 15 is 0 Å². The average molecular weight is 165 g/mol. The van der Waals surface area contributed by atoms with Crippen LogP contribution in [-0.4, -0.2) is 16.5 Å². The normalized spacial score (nSPS) is 24.9. The fourth-order valence-corrected chi connectivity index (χ4v) is 1.14. The molecule has 1 nitrogen and oxygen atoms in total. The van der Waals surface area contributed by atoms with Crippen LogP contribution in [0.25, 0.3) is 0 Å². The molecule has 1 fully saturated rings. The fraction of sp³-hybridized carbons (Fsp3) is 1.00. The molecule has 1 aliphatic rings. The molecule has 0 radical (unpaired) electrons. The van der Waals surface area contributed by atoms with Crippen LogP contribution in [0.15, 0.2) is 0 Å². The SMILES string of the molecule is O[C@@H](CBr)C1CC1. The number of hydrogen-bond donors (Lipinski definition) is 1. The third-order valence-electron chi connectivity index (χ3n) is 1.32. The number of halogens is 1. The van der Waals surface area contributed by atoms with Crippen molar-refractivity contribution in [1.82, 2.24) is 0 Å². The molecular formula is C5H9BrO. The Kier molecular flexibility index (Phi) is 1.70. The highest BCUT2D eigenvalue weighted by Gasteiger charge is 2.28. The van der Waals surface area contributed by atoms with E-state index in [2.05, 4.69) is 15.9 Å². The zero-order chi connectivity index (χ0) is 5.28. The minimum Gasteiger partial charge on any atom is -0.392 e. The summed E-state index contributed by atoms with van der Waals surface area (Å²) in [7, 11) is 0. The smallest absolute Gasteiger partial charge is 0.0665 e. The number of aliphatic hydroxyl groups is 1. The second-order valence-electron chi connectivity index (χ2n) is 2.06. The van der Waals surface area contributed by atoms with Crippen LogP contribution < -0.4 is 0 Å². The molecular weight excluding hydrogens is 156 g/mol. The van der Waals surface area contributed by atoms with Gasteiger partial charge in [0.2, 0.25) is 0 Å². The molecule has 2 heteroatoms. The van der Waals surface area contributed by atoms with Crippen LogP contribution >= 0.6 is 15.9 Å². The minimum absolute atomic E-state index is 0.0694. The van der Waals surface area contributed by atoms with Crippen LogP contribution in [-0.2, 0) is 0 Å². The molecule has 1 atom stereocenters. The topological polar surface area (TPSA) is 20.2 Å². The number of aliphatic hydroxyl groups excluding tert-OH is 1. The maximum absolute atomic E-state index is 8.95. The summed E-state index contributed by atoms with van der Waals surface area (Å²) in [4.78, 5) is 0. The third kappa shape index (κ3) is 1.42. The Morgan fingerprint density at radius 1 is 1.71 bits per heavy atom. The molecule has 1 saturated carbocycles. The molecule has 0 bridgehead atoms. The van der Waals surface area contributed by atoms with Crippen molar-refractivity contribution in [2.24, 2.45) is 5.92 Å². The lowest BCUT2D eigenvalue weighted by atomic mass is 10.3. The van der Waals surface area contributed by atoms with Gasteiger partial charge in [0.15, 0.2) is 0 Å². The highest BCUT2D eigenvalue weighted by Crippen LogP contribution is 2.32. The predicted octanol–water partition coefficient (Wildman–Crippen LogP) is 1.15. The Morgan fingerprint density at radius 3 is 2.43 bits per heavy atom. The van der Waals surface area contributed by atoms with E-state index in [9.17, 15) is 0 Å². The van der Waals surface area contributed by atoms with Gasteiger partial charge in [-0.1, -0.05) is 15.9 Å². The summed E-state index contributed by atoms with van der Waals surface area (Å²) >= 11 is 3.21. The first-order chi connectivity index (χ1) is 3.34. The van der Waals surface area contributed by atoms with Crippen molar-refractivity contribution >= 4 is 15.9 Å². The summed E-state index contributed by atoms with van der Waals surface area (Å²) in [6.45, 7) is 0. The second-order valence-corrected chi connectivity index (χ2v) is 2.71. The molecule has 1 aliphatic carbocycles. The van der Waals surface area contributed by atoms with Gasteiger partial charge in [-0.2, -0.15) is 0 Å². The van der Waals surface area contributed by atoms with Crippen LogP contribution in [0.4, 0.5) is 0 Å². The van der Waals surface area contributed by atoms with Gasteiger partial charge in [-0.05, 0) is 18.8 Å². The van der Waals surface area contributed by atoms with E-state index in [0.29, 0.717) is 5.92 Å². The third-order valence-corrected chi connectivity index (χ3v) is 1.99. The van der Waals surface area contributed by atoms with E-state index in [1.807, 2.05) is 0 Å². The molecule has 0 aromatic carbocycles. The van der Waals surface area contributed by atoms with E-state index in [-0.39, 0.29) is 6.10 Å². The van der Waals surface area contributed by atoms with Gasteiger partial charge in [0.1, 0.15) is 0 Å². The van der Waals surface area contributed by atoms with Gasteiger partial charge in [0, 0.05) is 5.33 Å². The lowest BCUT2D eigenvalue weighted by Gasteiger charge is -1.99. The molecule has 0 aromatic heterocycles. The maximum atomic E-state index is 8.95. The Morgan fingerprint density at radius 2 is 2.29 bits per heavy atom. The molecule has 1 rings (SSSR count). The first-order valence-corrected chi connectivity index (χ1v) is 3.71. The quantitative estimate of drug-likeness (QED) is 0.608. The summed E-state index contributed by atoms with van der Waals surface area (Å²) in [5.41, 5.74) is 0. The van der Waals surface area contributed by atoms with Gasteiger partial charge in [0.25, 0.3) is 0 Å². The number of hydrogen-bond acceptors (Lipinski definition) is 1. The first kappa shape index (κ1) is 5.57. The number of alkyl halides is 1. The van der Waals surface area contributed by atoms with Crippen molar-refractivity contribution < 1.29 is 5.11 Å². The van der Waals surface area contributed by atoms with Crippen molar-refractivity contribution in [3.63, 3.8) is 0 Å². The zero-order valence-corrected chi connectivity index (χ0v) is 5.69. The number of rotatable bonds is 2. The summed E-state index contributed by atoms with van der Waals surface area (Å²) in [5, 5.41) is 9.70. The van der Waals surface area contributed by atoms with Crippen molar-refractivity contribution in [1.29, 1.82) is 0 Å². The lowest BCUT2D eigenvalue weighted by Crippen LogP contribution is -2.09. The minimum atomic E-state index is -0.0694. The summed E-state index contributed by atoms with van der Waals surface area (Å²) in [6.07, 6.45) is 2.39. The monoisotopic (exact) mass is 164 g/mol. The summed E-state index contributed by atoms with van der Waals surface area (Å²) in [6, 6.07) is 0. The Balaban J connectivity index is 2.10. The molecule has 7 heavy (non-hydrogen) atoms. The summed E-state index contributed by atoms with van der Waals surface area (Å²) < 4.78 is 0. The standard InChI is InChI=1S/C5H9BrO/c6-3-5(7)4-1-2-4/h4-5,7H,1-3H2/t5-/m0/s1. The van der Waals surface area contributed by atoms with Crippen molar-refractivity contribution in [3.05, 3.63) is 0 Å². The van der Waals surface area contributed by atoms with Crippen LogP contribution in [0, 0.1) is 5.92 Å². The van der Waals surface area contributed by atoms with Crippen LogP contribution in [0.3, 0.4) is 0 Å². The van der Waals surface area contributed by atoms with E-state index in [0.717, 1.165) is 5.33 Å². The van der Waals surface area contributed by atoms with Crippen LogP contribution in [0.2, 0.25) is 0 Å². The van der Waals surface area contributed by atoms with E-state index < -0.39 is 0 Å². The van der Waals surface area contributed by atoms with Crippen molar-refractivity contribution in [2.75, 3.05) is 5.33 Å². The molecule has 0 aromatic rings. The second kappa shape index (κ2) is 2.14. The molecule has 0 amide bonds. The van der Waals surface area contributed by atoms with E-state index in [1.54, 1.807) is 0 Å². The largest absolute Gasteiger partial charge is 0.392 e. The van der Waals surface area contributed by atoms with E-state index in [4.69, 9.17) is 5.11 Å². The van der Waals surface area contributed by atoms with Gasteiger partial charge in [-0.25, -0.2) is 0 Å². The van der Waals surface area contributed by atoms with Gasteiger partial charge in [-0.15, -0.1) is 0 Å². The maximum Gasteiger partial charge on any atom is 0.0665 e. The predicted molar refractivity (Wildman–Crippen MR) is 32.5 cm³/mol. The highest BCUT2D eigenvalue weighted by molar-refractivity contribution is 9.09. The highest BCUT2D eigenvalue weighted by atomic mass is 79.9. The van der Waals surface area contributed by atoms with Gasteiger partial charge >= 0.3 is 0 Å². The Labute approximate surface area is 51.9 Å². The summed E-state index contributed by atoms with van der Waals surface area (Å²) in [5.74, 6) is 0.624.